The molecular formula is C27H22Cl2N2O5. The van der Waals surface area contributed by atoms with Gasteiger partial charge in [0, 0.05) is 15.6 Å². The quantitative estimate of drug-likeness (QED) is 0.322. The molecule has 0 aliphatic carbocycles. The number of carbonyl (C=O) groups is 3. The molecule has 1 saturated heterocycles. The van der Waals surface area contributed by atoms with E-state index in [2.05, 4.69) is 5.32 Å². The SMILES string of the molecule is COc1cc(/C=C2/C(=O)NC(=O)N(c3cc(C)cc(C)c3)C2=O)ccc1OCc1ccc(Cl)cc1Cl. The van der Waals surface area contributed by atoms with Gasteiger partial charge in [-0.05, 0) is 73.0 Å². The Morgan fingerprint density at radius 2 is 1.64 bits per heavy atom. The first-order chi connectivity index (χ1) is 17.2. The fraction of sp³-hybridized carbons (Fsp3) is 0.148. The zero-order valence-corrected chi connectivity index (χ0v) is 21.2. The molecule has 0 spiro atoms. The lowest BCUT2D eigenvalue weighted by Gasteiger charge is -2.27. The fourth-order valence-electron chi connectivity index (χ4n) is 3.83. The van der Waals surface area contributed by atoms with Crippen LogP contribution in [0.5, 0.6) is 11.5 Å². The van der Waals surface area contributed by atoms with Gasteiger partial charge in [0.25, 0.3) is 11.8 Å². The molecule has 1 N–H and O–H groups in total. The maximum Gasteiger partial charge on any atom is 0.335 e. The summed E-state index contributed by atoms with van der Waals surface area (Å²) in [4.78, 5) is 39.2. The van der Waals surface area contributed by atoms with E-state index in [1.807, 2.05) is 19.9 Å². The summed E-state index contributed by atoms with van der Waals surface area (Å²) >= 11 is 12.2. The second-order valence-corrected chi connectivity index (χ2v) is 9.08. The molecule has 3 aromatic carbocycles. The lowest BCUT2D eigenvalue weighted by molar-refractivity contribution is -0.122. The molecule has 1 heterocycles. The Labute approximate surface area is 218 Å². The highest BCUT2D eigenvalue weighted by molar-refractivity contribution is 6.39. The van der Waals surface area contributed by atoms with E-state index >= 15 is 0 Å². The van der Waals surface area contributed by atoms with Crippen molar-refractivity contribution in [2.24, 2.45) is 0 Å². The van der Waals surface area contributed by atoms with Crippen LogP contribution >= 0.6 is 23.2 Å². The van der Waals surface area contributed by atoms with E-state index in [9.17, 15) is 14.4 Å². The van der Waals surface area contributed by atoms with E-state index < -0.39 is 17.8 Å². The Bertz CT molecular complexity index is 1400. The minimum Gasteiger partial charge on any atom is -0.493 e. The Morgan fingerprint density at radius 1 is 0.917 bits per heavy atom. The van der Waals surface area contributed by atoms with Crippen LogP contribution in [0, 0.1) is 13.8 Å². The van der Waals surface area contributed by atoms with E-state index in [0.29, 0.717) is 32.8 Å². The summed E-state index contributed by atoms with van der Waals surface area (Å²) in [5.41, 5.74) is 3.22. The number of amides is 4. The van der Waals surface area contributed by atoms with Crippen molar-refractivity contribution >= 4 is 52.8 Å². The first-order valence-electron chi connectivity index (χ1n) is 10.9. The Balaban J connectivity index is 1.61. The summed E-state index contributed by atoms with van der Waals surface area (Å²) in [5, 5.41) is 3.24. The van der Waals surface area contributed by atoms with Gasteiger partial charge in [-0.3, -0.25) is 14.9 Å². The van der Waals surface area contributed by atoms with E-state index in [0.717, 1.165) is 21.6 Å². The zero-order valence-electron chi connectivity index (χ0n) is 19.7. The van der Waals surface area contributed by atoms with Crippen LogP contribution in [0.3, 0.4) is 0 Å². The average Bonchev–Trinajstić information content (AvgIpc) is 2.81. The minimum atomic E-state index is -0.797. The van der Waals surface area contributed by atoms with Crippen molar-refractivity contribution in [3.8, 4) is 11.5 Å². The van der Waals surface area contributed by atoms with E-state index in [1.165, 1.54) is 13.2 Å². The molecule has 4 amide bonds. The number of rotatable bonds is 6. The molecule has 0 saturated carbocycles. The van der Waals surface area contributed by atoms with Gasteiger partial charge in [0.2, 0.25) is 0 Å². The normalized spacial score (nSPS) is 14.8. The number of halogens is 2. The number of benzene rings is 3. The number of hydrogen-bond acceptors (Lipinski definition) is 5. The van der Waals surface area contributed by atoms with Gasteiger partial charge >= 0.3 is 6.03 Å². The van der Waals surface area contributed by atoms with Crippen molar-refractivity contribution in [2.45, 2.75) is 20.5 Å². The molecule has 0 bridgehead atoms. The number of carbonyl (C=O) groups excluding carboxylic acids is 3. The molecule has 7 nitrogen and oxygen atoms in total. The van der Waals surface area contributed by atoms with E-state index in [1.54, 1.807) is 48.5 Å². The standard InChI is InChI=1S/C27H22Cl2N2O5/c1-15-8-16(2)10-20(9-15)31-26(33)21(25(32)30-27(31)34)11-17-4-7-23(24(12-17)35-3)36-14-18-5-6-19(28)13-22(18)29/h4-13H,14H2,1-3H3,(H,30,32,34)/b21-11-. The van der Waals surface area contributed by atoms with Gasteiger partial charge in [-0.25, -0.2) is 9.69 Å². The van der Waals surface area contributed by atoms with Gasteiger partial charge < -0.3 is 9.47 Å². The minimum absolute atomic E-state index is 0.181. The molecule has 0 unspecified atom stereocenters. The molecule has 4 rings (SSSR count). The predicted octanol–water partition coefficient (Wildman–Crippen LogP) is 5.86. The van der Waals surface area contributed by atoms with Crippen LogP contribution in [0.1, 0.15) is 22.3 Å². The molecule has 184 valence electrons. The van der Waals surface area contributed by atoms with Crippen LogP contribution < -0.4 is 19.7 Å². The molecular weight excluding hydrogens is 503 g/mol. The summed E-state index contributed by atoms with van der Waals surface area (Å²) in [5.74, 6) is -0.662. The van der Waals surface area contributed by atoms with E-state index in [4.69, 9.17) is 32.7 Å². The third-order valence-electron chi connectivity index (χ3n) is 5.46. The molecule has 0 atom stereocenters. The summed E-state index contributed by atoms with van der Waals surface area (Å²) in [6, 6.07) is 14.6. The highest BCUT2D eigenvalue weighted by Crippen LogP contribution is 2.32. The Morgan fingerprint density at radius 3 is 2.31 bits per heavy atom. The Kier molecular flexibility index (Phi) is 7.33. The van der Waals surface area contributed by atoms with Crippen LogP contribution in [0.15, 0.2) is 60.2 Å². The number of hydrogen-bond donors (Lipinski definition) is 1. The van der Waals surface area contributed by atoms with Gasteiger partial charge in [-0.15, -0.1) is 0 Å². The Hall–Kier alpha value is -3.81. The maximum absolute atomic E-state index is 13.2. The van der Waals surface area contributed by atoms with Crippen molar-refractivity contribution in [1.82, 2.24) is 5.32 Å². The third kappa shape index (κ3) is 5.37. The van der Waals surface area contributed by atoms with Crippen molar-refractivity contribution in [3.63, 3.8) is 0 Å². The summed E-state index contributed by atoms with van der Waals surface area (Å²) in [6.45, 7) is 3.91. The monoisotopic (exact) mass is 524 g/mol. The predicted molar refractivity (Wildman–Crippen MR) is 139 cm³/mol. The molecule has 0 aromatic heterocycles. The molecule has 1 aliphatic rings. The van der Waals surface area contributed by atoms with Crippen LogP contribution in [0.4, 0.5) is 10.5 Å². The second kappa shape index (κ2) is 10.4. The number of anilines is 1. The van der Waals surface area contributed by atoms with Crippen LogP contribution in [0.25, 0.3) is 6.08 Å². The second-order valence-electron chi connectivity index (χ2n) is 8.24. The average molecular weight is 525 g/mol. The molecule has 1 fully saturated rings. The lowest BCUT2D eigenvalue weighted by atomic mass is 10.0. The number of ether oxygens (including phenoxy) is 2. The van der Waals surface area contributed by atoms with Gasteiger partial charge in [0.15, 0.2) is 11.5 Å². The zero-order chi connectivity index (χ0) is 26.0. The number of urea groups is 1. The largest absolute Gasteiger partial charge is 0.493 e. The summed E-state index contributed by atoms with van der Waals surface area (Å²) in [7, 11) is 1.48. The van der Waals surface area contributed by atoms with Crippen LogP contribution in [0.2, 0.25) is 10.0 Å². The lowest BCUT2D eigenvalue weighted by Crippen LogP contribution is -2.54. The van der Waals surface area contributed by atoms with Gasteiger partial charge in [-0.2, -0.15) is 0 Å². The number of barbiturate groups is 1. The number of imide groups is 2. The number of methoxy groups -OCH3 is 1. The van der Waals surface area contributed by atoms with Crippen LogP contribution in [-0.4, -0.2) is 25.0 Å². The highest BCUT2D eigenvalue weighted by atomic mass is 35.5. The molecule has 1 aliphatic heterocycles. The molecule has 9 heteroatoms. The number of nitrogens with zero attached hydrogens (tertiary/aromatic N) is 1. The molecule has 3 aromatic rings. The van der Waals surface area contributed by atoms with Crippen molar-refractivity contribution in [3.05, 3.63) is 92.5 Å². The van der Waals surface area contributed by atoms with Gasteiger partial charge in [0.05, 0.1) is 12.8 Å². The fourth-order valence-corrected chi connectivity index (χ4v) is 4.29. The molecule has 36 heavy (non-hydrogen) atoms. The van der Waals surface area contributed by atoms with Crippen LogP contribution in [-0.2, 0) is 16.2 Å². The number of aryl methyl sites for hydroxylation is 2. The van der Waals surface area contributed by atoms with Crippen molar-refractivity contribution in [1.29, 1.82) is 0 Å². The van der Waals surface area contributed by atoms with Crippen molar-refractivity contribution in [2.75, 3.05) is 12.0 Å². The first kappa shape index (κ1) is 25.3. The summed E-state index contributed by atoms with van der Waals surface area (Å²) in [6.07, 6.45) is 1.40. The third-order valence-corrected chi connectivity index (χ3v) is 6.05. The highest BCUT2D eigenvalue weighted by Gasteiger charge is 2.37. The first-order valence-corrected chi connectivity index (χ1v) is 11.7. The van der Waals surface area contributed by atoms with Gasteiger partial charge in [-0.1, -0.05) is 41.4 Å². The van der Waals surface area contributed by atoms with Crippen molar-refractivity contribution < 1.29 is 23.9 Å². The number of nitrogens with one attached hydrogen (secondary N) is 1. The molecule has 0 radical (unpaired) electrons. The maximum atomic E-state index is 13.2. The smallest absolute Gasteiger partial charge is 0.335 e. The van der Waals surface area contributed by atoms with E-state index in [-0.39, 0.29) is 12.2 Å². The topological polar surface area (TPSA) is 84.9 Å². The van der Waals surface area contributed by atoms with Gasteiger partial charge in [0.1, 0.15) is 12.2 Å². The summed E-state index contributed by atoms with van der Waals surface area (Å²) < 4.78 is 11.3.